The predicted molar refractivity (Wildman–Crippen MR) is 97.6 cm³/mol. The number of imidazole rings is 1. The molecule has 6 heteroatoms. The molecule has 0 aliphatic heterocycles. The Morgan fingerprint density at radius 1 is 1.08 bits per heavy atom. The van der Waals surface area contributed by atoms with Gasteiger partial charge in [-0.1, -0.05) is 30.3 Å². The number of esters is 1. The first kappa shape index (κ1) is 14.7. The number of hydrogen-bond acceptors (Lipinski definition) is 5. The standard InChI is InChI=1S/C20H12N2O4/c1-25-19(23)15-10-12-11-6-2-5-9-16(11)26-20(24)17(12)18-21-13-7-3-4-8-14(13)22(15)18/h2-10H,1H3. The maximum Gasteiger partial charge on any atom is 0.355 e. The fourth-order valence-corrected chi connectivity index (χ4v) is 3.43. The van der Waals surface area contributed by atoms with E-state index >= 15 is 0 Å². The van der Waals surface area contributed by atoms with Crippen molar-refractivity contribution in [1.82, 2.24) is 9.38 Å². The Bertz CT molecular complexity index is 1410. The minimum atomic E-state index is -0.502. The van der Waals surface area contributed by atoms with Crippen molar-refractivity contribution in [2.75, 3.05) is 7.11 Å². The van der Waals surface area contributed by atoms with Crippen LogP contribution in [0.3, 0.4) is 0 Å². The average molecular weight is 344 g/mol. The fraction of sp³-hybridized carbons (Fsp3) is 0.0500. The molecule has 0 amide bonds. The summed E-state index contributed by atoms with van der Waals surface area (Å²) in [5.74, 6) is -0.502. The number of pyridine rings is 1. The lowest BCUT2D eigenvalue weighted by molar-refractivity contribution is 0.0593. The maximum absolute atomic E-state index is 12.7. The Labute approximate surface area is 146 Å². The lowest BCUT2D eigenvalue weighted by atomic mass is 10.1. The Hall–Kier alpha value is -3.67. The van der Waals surface area contributed by atoms with E-state index in [1.54, 1.807) is 22.6 Å². The van der Waals surface area contributed by atoms with Crippen molar-refractivity contribution in [2.45, 2.75) is 0 Å². The Kier molecular flexibility index (Phi) is 2.91. The molecule has 0 saturated heterocycles. The van der Waals surface area contributed by atoms with Crippen LogP contribution in [0.25, 0.3) is 38.4 Å². The van der Waals surface area contributed by atoms with E-state index in [4.69, 9.17) is 9.15 Å². The van der Waals surface area contributed by atoms with Crippen LogP contribution in [0.1, 0.15) is 10.5 Å². The van der Waals surface area contributed by atoms with Gasteiger partial charge in [0.1, 0.15) is 16.7 Å². The number of rotatable bonds is 1. The Morgan fingerprint density at radius 2 is 1.85 bits per heavy atom. The van der Waals surface area contributed by atoms with Crippen molar-refractivity contribution in [3.05, 3.63) is 70.7 Å². The molecule has 0 aliphatic rings. The van der Waals surface area contributed by atoms with Crippen LogP contribution in [0.15, 0.2) is 63.8 Å². The number of hydrogen-bond donors (Lipinski definition) is 0. The van der Waals surface area contributed by atoms with Crippen LogP contribution in [0.4, 0.5) is 0 Å². The summed E-state index contributed by atoms with van der Waals surface area (Å²) in [4.78, 5) is 29.7. The second-order valence-corrected chi connectivity index (χ2v) is 5.96. The monoisotopic (exact) mass is 344 g/mol. The molecule has 0 saturated carbocycles. The number of aromatic nitrogens is 2. The summed E-state index contributed by atoms with van der Waals surface area (Å²) in [6.07, 6.45) is 0. The number of carbonyl (C=O) groups excluding carboxylic acids is 1. The predicted octanol–water partition coefficient (Wildman–Crippen LogP) is 3.53. The van der Waals surface area contributed by atoms with Crippen molar-refractivity contribution in [3.63, 3.8) is 0 Å². The van der Waals surface area contributed by atoms with Gasteiger partial charge >= 0.3 is 11.6 Å². The normalized spacial score (nSPS) is 11.6. The van der Waals surface area contributed by atoms with Crippen LogP contribution >= 0.6 is 0 Å². The molecule has 0 fully saturated rings. The second-order valence-electron chi connectivity index (χ2n) is 5.96. The summed E-state index contributed by atoms with van der Waals surface area (Å²) < 4.78 is 12.1. The van der Waals surface area contributed by atoms with Crippen molar-refractivity contribution in [3.8, 4) is 0 Å². The van der Waals surface area contributed by atoms with E-state index in [0.717, 1.165) is 10.9 Å². The molecule has 0 bridgehead atoms. The van der Waals surface area contributed by atoms with E-state index in [1.165, 1.54) is 7.11 Å². The summed E-state index contributed by atoms with van der Waals surface area (Å²) in [6.45, 7) is 0. The minimum absolute atomic E-state index is 0.305. The minimum Gasteiger partial charge on any atom is -0.464 e. The number of benzene rings is 2. The van der Waals surface area contributed by atoms with Crippen LogP contribution in [-0.2, 0) is 4.74 Å². The third-order valence-corrected chi connectivity index (χ3v) is 4.55. The number of nitrogens with zero attached hydrogens (tertiary/aromatic N) is 2. The molecule has 0 unspecified atom stereocenters. The zero-order valence-corrected chi connectivity index (χ0v) is 13.7. The van der Waals surface area contributed by atoms with Gasteiger partial charge in [0.2, 0.25) is 0 Å². The van der Waals surface area contributed by atoms with E-state index in [0.29, 0.717) is 33.2 Å². The highest BCUT2D eigenvalue weighted by Crippen LogP contribution is 2.29. The molecule has 3 heterocycles. The molecular weight excluding hydrogens is 332 g/mol. The first-order chi connectivity index (χ1) is 12.7. The summed E-state index contributed by atoms with van der Waals surface area (Å²) in [7, 11) is 1.33. The smallest absolute Gasteiger partial charge is 0.355 e. The molecule has 26 heavy (non-hydrogen) atoms. The van der Waals surface area contributed by atoms with E-state index in [1.807, 2.05) is 36.4 Å². The lowest BCUT2D eigenvalue weighted by Gasteiger charge is -2.09. The molecule has 6 nitrogen and oxygen atoms in total. The van der Waals surface area contributed by atoms with Crippen molar-refractivity contribution in [1.29, 1.82) is 0 Å². The molecule has 0 N–H and O–H groups in total. The molecule has 2 aromatic carbocycles. The van der Waals surface area contributed by atoms with Crippen LogP contribution in [0.5, 0.6) is 0 Å². The summed E-state index contributed by atoms with van der Waals surface area (Å²) in [6, 6.07) is 16.3. The van der Waals surface area contributed by atoms with Gasteiger partial charge in [0, 0.05) is 10.8 Å². The zero-order chi connectivity index (χ0) is 17.8. The summed E-state index contributed by atoms with van der Waals surface area (Å²) >= 11 is 0. The average Bonchev–Trinajstić information content (AvgIpc) is 3.06. The SMILES string of the molecule is COC(=O)c1cc2c3ccccc3oc(=O)c2c2nc3ccccc3n12. The quantitative estimate of drug-likeness (QED) is 0.264. The van der Waals surface area contributed by atoms with Crippen LogP contribution in [0, 0.1) is 0 Å². The molecule has 0 radical (unpaired) electrons. The molecule has 5 rings (SSSR count). The number of para-hydroxylation sites is 3. The molecule has 126 valence electrons. The first-order valence-corrected chi connectivity index (χ1v) is 8.03. The van der Waals surface area contributed by atoms with E-state index in [2.05, 4.69) is 4.98 Å². The van der Waals surface area contributed by atoms with E-state index in [9.17, 15) is 9.59 Å². The van der Waals surface area contributed by atoms with Gasteiger partial charge in [0.05, 0.1) is 18.1 Å². The number of methoxy groups -OCH3 is 1. The Morgan fingerprint density at radius 3 is 2.69 bits per heavy atom. The van der Waals surface area contributed by atoms with Crippen LogP contribution in [0.2, 0.25) is 0 Å². The van der Waals surface area contributed by atoms with Gasteiger partial charge in [-0.2, -0.15) is 0 Å². The molecule has 0 spiro atoms. The molecule has 0 aliphatic carbocycles. The van der Waals surface area contributed by atoms with Crippen molar-refractivity contribution < 1.29 is 13.9 Å². The van der Waals surface area contributed by atoms with Crippen molar-refractivity contribution in [2.24, 2.45) is 0 Å². The van der Waals surface area contributed by atoms with Crippen LogP contribution < -0.4 is 5.63 Å². The van der Waals surface area contributed by atoms with Crippen LogP contribution in [-0.4, -0.2) is 22.5 Å². The van der Waals surface area contributed by atoms with Gasteiger partial charge in [0.15, 0.2) is 5.65 Å². The second kappa shape index (κ2) is 5.16. The first-order valence-electron chi connectivity index (χ1n) is 8.03. The lowest BCUT2D eigenvalue weighted by Crippen LogP contribution is -2.11. The van der Waals surface area contributed by atoms with Gasteiger partial charge in [0.25, 0.3) is 0 Å². The maximum atomic E-state index is 12.7. The van der Waals surface area contributed by atoms with Gasteiger partial charge < -0.3 is 9.15 Å². The molecule has 0 atom stereocenters. The van der Waals surface area contributed by atoms with Gasteiger partial charge in [-0.05, 0) is 24.3 Å². The van der Waals surface area contributed by atoms with E-state index < -0.39 is 11.6 Å². The van der Waals surface area contributed by atoms with Gasteiger partial charge in [-0.25, -0.2) is 14.6 Å². The molecule has 3 aromatic heterocycles. The number of ether oxygens (including phenoxy) is 1. The highest BCUT2D eigenvalue weighted by Gasteiger charge is 2.21. The van der Waals surface area contributed by atoms with Gasteiger partial charge in [-0.3, -0.25) is 4.40 Å². The third-order valence-electron chi connectivity index (χ3n) is 4.55. The molecular formula is C20H12N2O4. The number of fused-ring (bicyclic) bond motifs is 7. The largest absolute Gasteiger partial charge is 0.464 e. The highest BCUT2D eigenvalue weighted by atomic mass is 16.5. The topological polar surface area (TPSA) is 73.8 Å². The third kappa shape index (κ3) is 1.84. The number of carbonyl (C=O) groups is 1. The molecule has 5 aromatic rings. The summed E-state index contributed by atoms with van der Waals surface area (Å²) in [5.41, 5.74) is 2.05. The van der Waals surface area contributed by atoms with E-state index in [-0.39, 0.29) is 0 Å². The fourth-order valence-electron chi connectivity index (χ4n) is 3.43. The summed E-state index contributed by atoms with van der Waals surface area (Å²) in [5, 5.41) is 1.69. The Balaban J connectivity index is 2.15. The highest BCUT2D eigenvalue weighted by molar-refractivity contribution is 6.12. The van der Waals surface area contributed by atoms with Crippen molar-refractivity contribution >= 4 is 44.4 Å². The zero-order valence-electron chi connectivity index (χ0n) is 13.7. The van der Waals surface area contributed by atoms with Gasteiger partial charge in [-0.15, -0.1) is 0 Å².